The second-order valence-electron chi connectivity index (χ2n) is 5.68. The Morgan fingerprint density at radius 1 is 1.00 bits per heavy atom. The molecule has 0 fully saturated rings. The molecule has 3 rings (SSSR count). The lowest BCUT2D eigenvalue weighted by Crippen LogP contribution is -2.24. The van der Waals surface area contributed by atoms with E-state index in [2.05, 4.69) is 10.2 Å². The summed E-state index contributed by atoms with van der Waals surface area (Å²) >= 11 is 0. The summed E-state index contributed by atoms with van der Waals surface area (Å²) in [5.74, 6) is 1.66. The van der Waals surface area contributed by atoms with Gasteiger partial charge in [0.2, 0.25) is 0 Å². The van der Waals surface area contributed by atoms with Gasteiger partial charge in [-0.1, -0.05) is 36.4 Å². The molecule has 6 nitrogen and oxygen atoms in total. The monoisotopic (exact) mass is 348 g/mol. The molecule has 1 aromatic heterocycles. The number of nitrogens with two attached hydrogens (primary N) is 1. The van der Waals surface area contributed by atoms with Crippen LogP contribution >= 0.6 is 0 Å². The summed E-state index contributed by atoms with van der Waals surface area (Å²) in [6.45, 7) is 3.36. The maximum atomic E-state index is 11.2. The van der Waals surface area contributed by atoms with Crippen molar-refractivity contribution in [1.82, 2.24) is 10.2 Å². The van der Waals surface area contributed by atoms with Crippen LogP contribution in [0.5, 0.6) is 11.5 Å². The van der Waals surface area contributed by atoms with E-state index in [-0.39, 0.29) is 5.69 Å². The molecule has 2 N–H and O–H groups in total. The van der Waals surface area contributed by atoms with Crippen LogP contribution < -0.4 is 15.4 Å². The molecular weight excluding hydrogens is 328 g/mol. The first-order chi connectivity index (χ1) is 12.7. The Morgan fingerprint density at radius 2 is 1.73 bits per heavy atom. The minimum absolute atomic E-state index is 0.151. The van der Waals surface area contributed by atoms with Gasteiger partial charge < -0.3 is 15.4 Å². The number of hydrogen-bond acceptors (Lipinski definition) is 5. The van der Waals surface area contributed by atoms with Crippen molar-refractivity contribution in [3.05, 3.63) is 78.0 Å². The Hall–Kier alpha value is -3.41. The Labute approximate surface area is 152 Å². The normalized spacial score (nSPS) is 10.3. The third-order valence-corrected chi connectivity index (χ3v) is 3.91. The van der Waals surface area contributed by atoms with Crippen LogP contribution in [-0.4, -0.2) is 22.6 Å². The highest BCUT2D eigenvalue weighted by atomic mass is 16.5. The summed E-state index contributed by atoms with van der Waals surface area (Å²) in [5.41, 5.74) is 6.39. The van der Waals surface area contributed by atoms with E-state index in [1.54, 1.807) is 12.1 Å². The number of hydrogen-bond donors (Lipinski definition) is 1. The van der Waals surface area contributed by atoms with Crippen molar-refractivity contribution >= 4 is 11.7 Å². The molecule has 0 aliphatic carbocycles. The van der Waals surface area contributed by atoms with Gasteiger partial charge >= 0.3 is 0 Å². The fraction of sp³-hybridized carbons (Fsp3) is 0.150. The van der Waals surface area contributed by atoms with E-state index >= 15 is 0 Å². The molecule has 0 unspecified atom stereocenters. The number of primary amides is 1. The Balaban J connectivity index is 1.81. The highest BCUT2D eigenvalue weighted by Crippen LogP contribution is 2.27. The first-order valence-corrected chi connectivity index (χ1v) is 8.36. The minimum Gasteiger partial charge on any atom is -0.457 e. The molecule has 0 radical (unpaired) electrons. The zero-order valence-electron chi connectivity index (χ0n) is 14.5. The molecular formula is C20H20N4O2. The summed E-state index contributed by atoms with van der Waals surface area (Å²) in [6, 6.07) is 20.9. The van der Waals surface area contributed by atoms with Gasteiger partial charge in [0.1, 0.15) is 11.5 Å². The van der Waals surface area contributed by atoms with Crippen molar-refractivity contribution in [3.8, 4) is 11.5 Å². The van der Waals surface area contributed by atoms with Crippen molar-refractivity contribution in [3.63, 3.8) is 0 Å². The van der Waals surface area contributed by atoms with Crippen LogP contribution in [-0.2, 0) is 6.54 Å². The van der Waals surface area contributed by atoms with Gasteiger partial charge in [0.15, 0.2) is 11.5 Å². The van der Waals surface area contributed by atoms with Crippen LogP contribution in [0.25, 0.3) is 0 Å². The van der Waals surface area contributed by atoms with Gasteiger partial charge in [0.25, 0.3) is 5.91 Å². The van der Waals surface area contributed by atoms with Gasteiger partial charge in [-0.05, 0) is 37.3 Å². The van der Waals surface area contributed by atoms with Crippen LogP contribution in [0.1, 0.15) is 23.0 Å². The molecule has 6 heteroatoms. The van der Waals surface area contributed by atoms with Gasteiger partial charge in [-0.25, -0.2) is 0 Å². The molecule has 1 amide bonds. The largest absolute Gasteiger partial charge is 0.457 e. The fourth-order valence-electron chi connectivity index (χ4n) is 2.54. The molecule has 26 heavy (non-hydrogen) atoms. The number of amides is 1. The maximum absolute atomic E-state index is 11.2. The van der Waals surface area contributed by atoms with E-state index < -0.39 is 5.91 Å². The molecule has 0 saturated carbocycles. The molecule has 2 aromatic carbocycles. The van der Waals surface area contributed by atoms with Crippen LogP contribution in [0.15, 0.2) is 66.7 Å². The summed E-state index contributed by atoms with van der Waals surface area (Å²) < 4.78 is 6.02. The summed E-state index contributed by atoms with van der Waals surface area (Å²) in [5, 5.41) is 8.00. The number of anilines is 1. The van der Waals surface area contributed by atoms with Gasteiger partial charge in [0, 0.05) is 18.7 Å². The molecule has 3 aromatic rings. The third kappa shape index (κ3) is 4.16. The van der Waals surface area contributed by atoms with E-state index in [1.165, 1.54) is 0 Å². The van der Waals surface area contributed by atoms with Gasteiger partial charge in [-0.3, -0.25) is 4.79 Å². The highest BCUT2D eigenvalue weighted by Gasteiger charge is 2.12. The number of carbonyl (C=O) groups excluding carboxylic acids is 1. The predicted octanol–water partition coefficient (Wildman–Crippen LogP) is 3.39. The first-order valence-electron chi connectivity index (χ1n) is 8.36. The van der Waals surface area contributed by atoms with Crippen molar-refractivity contribution in [2.75, 3.05) is 11.4 Å². The molecule has 0 spiro atoms. The Bertz CT molecular complexity index is 866. The molecule has 0 aliphatic heterocycles. The molecule has 1 heterocycles. The molecule has 0 bridgehead atoms. The van der Waals surface area contributed by atoms with E-state index in [1.807, 2.05) is 66.4 Å². The molecule has 0 aliphatic rings. The maximum Gasteiger partial charge on any atom is 0.269 e. The third-order valence-electron chi connectivity index (χ3n) is 3.91. The SMILES string of the molecule is CCN(Cc1ccccc1Oc1ccccc1)c1ccc(C(N)=O)nn1. The molecule has 132 valence electrons. The second kappa shape index (κ2) is 8.11. The zero-order valence-corrected chi connectivity index (χ0v) is 14.5. The fourth-order valence-corrected chi connectivity index (χ4v) is 2.54. The standard InChI is InChI=1S/C20H20N4O2/c1-2-24(19-13-12-17(20(21)25)22-23-19)14-15-8-6-7-11-18(15)26-16-9-4-3-5-10-16/h3-13H,2,14H2,1H3,(H2,21,25). The number of rotatable bonds is 7. The smallest absolute Gasteiger partial charge is 0.269 e. The number of aromatic nitrogens is 2. The van der Waals surface area contributed by atoms with E-state index in [0.717, 1.165) is 23.6 Å². The van der Waals surface area contributed by atoms with Gasteiger partial charge in [-0.2, -0.15) is 0 Å². The van der Waals surface area contributed by atoms with E-state index in [0.29, 0.717) is 12.4 Å². The average molecular weight is 348 g/mol. The van der Waals surface area contributed by atoms with Crippen molar-refractivity contribution in [1.29, 1.82) is 0 Å². The summed E-state index contributed by atoms with van der Waals surface area (Å²) in [6.07, 6.45) is 0. The van der Waals surface area contributed by atoms with E-state index in [9.17, 15) is 4.79 Å². The van der Waals surface area contributed by atoms with Crippen molar-refractivity contribution in [2.24, 2.45) is 5.73 Å². The Morgan fingerprint density at radius 3 is 2.38 bits per heavy atom. The van der Waals surface area contributed by atoms with Crippen molar-refractivity contribution < 1.29 is 9.53 Å². The van der Waals surface area contributed by atoms with E-state index in [4.69, 9.17) is 10.5 Å². The highest BCUT2D eigenvalue weighted by molar-refractivity contribution is 5.90. The quantitative estimate of drug-likeness (QED) is 0.708. The first kappa shape index (κ1) is 17.4. The van der Waals surface area contributed by atoms with Crippen LogP contribution in [0.4, 0.5) is 5.82 Å². The lowest BCUT2D eigenvalue weighted by Gasteiger charge is -2.23. The molecule has 0 atom stereocenters. The molecule has 0 saturated heterocycles. The second-order valence-corrected chi connectivity index (χ2v) is 5.68. The number of nitrogens with zero attached hydrogens (tertiary/aromatic N) is 3. The van der Waals surface area contributed by atoms with Crippen LogP contribution in [0.3, 0.4) is 0 Å². The van der Waals surface area contributed by atoms with Gasteiger partial charge in [-0.15, -0.1) is 10.2 Å². The summed E-state index contributed by atoms with van der Waals surface area (Å²) in [4.78, 5) is 13.2. The van der Waals surface area contributed by atoms with Crippen LogP contribution in [0, 0.1) is 0 Å². The number of para-hydroxylation sites is 2. The van der Waals surface area contributed by atoms with Gasteiger partial charge in [0.05, 0.1) is 0 Å². The number of ether oxygens (including phenoxy) is 1. The number of benzene rings is 2. The number of carbonyl (C=O) groups is 1. The topological polar surface area (TPSA) is 81.3 Å². The van der Waals surface area contributed by atoms with Crippen molar-refractivity contribution in [2.45, 2.75) is 13.5 Å². The van der Waals surface area contributed by atoms with Crippen LogP contribution in [0.2, 0.25) is 0 Å². The lowest BCUT2D eigenvalue weighted by molar-refractivity contribution is 0.0994. The lowest BCUT2D eigenvalue weighted by atomic mass is 10.2. The minimum atomic E-state index is -0.589. The Kier molecular flexibility index (Phi) is 5.43. The predicted molar refractivity (Wildman–Crippen MR) is 100 cm³/mol. The average Bonchev–Trinajstić information content (AvgIpc) is 2.68. The summed E-state index contributed by atoms with van der Waals surface area (Å²) in [7, 11) is 0. The zero-order chi connectivity index (χ0) is 18.4.